The molecule has 5 N–H and O–H groups in total. The number of aromatic hydroxyl groups is 2. The van der Waals surface area contributed by atoms with E-state index in [-0.39, 0.29) is 17.1 Å². The Morgan fingerprint density at radius 3 is 1.85 bits per heavy atom. The molecule has 6 heteroatoms. The second kappa shape index (κ2) is 7.40. The van der Waals surface area contributed by atoms with Crippen molar-refractivity contribution in [1.29, 1.82) is 0 Å². The fourth-order valence-corrected chi connectivity index (χ4v) is 2.48. The summed E-state index contributed by atoms with van der Waals surface area (Å²) in [6.07, 6.45) is 0. The van der Waals surface area contributed by atoms with Crippen molar-refractivity contribution in [2.75, 3.05) is 5.73 Å². The van der Waals surface area contributed by atoms with Crippen LogP contribution in [0.3, 0.4) is 0 Å². The van der Waals surface area contributed by atoms with Crippen LogP contribution in [0.25, 0.3) is 0 Å². The molecule has 0 bridgehead atoms. The van der Waals surface area contributed by atoms with Gasteiger partial charge in [0.05, 0.1) is 5.56 Å². The van der Waals surface area contributed by atoms with Gasteiger partial charge in [0.15, 0.2) is 0 Å². The van der Waals surface area contributed by atoms with Crippen LogP contribution in [0, 0.1) is 0 Å². The van der Waals surface area contributed by atoms with Crippen LogP contribution in [-0.2, 0) is 0 Å². The van der Waals surface area contributed by atoms with Crippen LogP contribution in [0.4, 0.5) is 5.69 Å². The number of anilines is 1. The van der Waals surface area contributed by atoms with Gasteiger partial charge in [-0.25, -0.2) is 5.43 Å². The second-order valence-corrected chi connectivity index (χ2v) is 5.52. The van der Waals surface area contributed by atoms with E-state index in [9.17, 15) is 15.0 Å². The number of para-hydroxylation sites is 3. The van der Waals surface area contributed by atoms with Crippen LogP contribution >= 0.6 is 0 Å². The van der Waals surface area contributed by atoms with E-state index in [0.717, 1.165) is 0 Å². The van der Waals surface area contributed by atoms with E-state index >= 15 is 0 Å². The lowest BCUT2D eigenvalue weighted by Crippen LogP contribution is -2.21. The number of nitrogens with one attached hydrogen (secondary N) is 1. The van der Waals surface area contributed by atoms with Crippen molar-refractivity contribution in [3.63, 3.8) is 0 Å². The number of rotatable bonds is 4. The predicted molar refractivity (Wildman–Crippen MR) is 100 cm³/mol. The number of nitrogens with two attached hydrogens (primary N) is 1. The molecule has 0 spiro atoms. The van der Waals surface area contributed by atoms with Gasteiger partial charge in [-0.15, -0.1) is 0 Å². The molecule has 130 valence electrons. The number of carbonyl (C=O) groups is 1. The maximum absolute atomic E-state index is 12.3. The number of benzene rings is 3. The van der Waals surface area contributed by atoms with Gasteiger partial charge in [-0.2, -0.15) is 5.10 Å². The van der Waals surface area contributed by atoms with Crippen molar-refractivity contribution in [3.8, 4) is 11.5 Å². The summed E-state index contributed by atoms with van der Waals surface area (Å²) in [6.45, 7) is 0. The summed E-state index contributed by atoms with van der Waals surface area (Å²) in [5.41, 5.74) is 10.3. The van der Waals surface area contributed by atoms with Gasteiger partial charge in [0.25, 0.3) is 5.91 Å². The maximum Gasteiger partial charge on any atom is 0.275 e. The molecule has 0 aliphatic rings. The van der Waals surface area contributed by atoms with Gasteiger partial charge in [0.1, 0.15) is 17.2 Å². The summed E-state index contributed by atoms with van der Waals surface area (Å²) in [7, 11) is 0. The summed E-state index contributed by atoms with van der Waals surface area (Å²) in [4.78, 5) is 12.3. The Bertz CT molecular complexity index is 936. The van der Waals surface area contributed by atoms with Gasteiger partial charge in [-0.1, -0.05) is 42.5 Å². The first kappa shape index (κ1) is 17.0. The van der Waals surface area contributed by atoms with Gasteiger partial charge in [0.2, 0.25) is 0 Å². The zero-order chi connectivity index (χ0) is 18.5. The molecule has 0 aromatic heterocycles. The van der Waals surface area contributed by atoms with Crippen LogP contribution < -0.4 is 11.2 Å². The van der Waals surface area contributed by atoms with Crippen LogP contribution in [-0.4, -0.2) is 21.8 Å². The Hall–Kier alpha value is -3.80. The number of phenols is 2. The normalized spacial score (nSPS) is 11.2. The third-order valence-electron chi connectivity index (χ3n) is 3.79. The number of carbonyl (C=O) groups excluding carboxylic acids is 1. The first-order valence-corrected chi connectivity index (χ1v) is 7.87. The Kier molecular flexibility index (Phi) is 4.85. The van der Waals surface area contributed by atoms with E-state index in [1.54, 1.807) is 54.6 Å². The van der Waals surface area contributed by atoms with Crippen LogP contribution in [0.1, 0.15) is 21.5 Å². The van der Waals surface area contributed by atoms with E-state index in [2.05, 4.69) is 10.5 Å². The molecule has 26 heavy (non-hydrogen) atoms. The quantitative estimate of drug-likeness (QED) is 0.331. The SMILES string of the molecule is Nc1ccccc1/C(=N/NC(=O)c1ccccc1O)c1ccccc1O. The van der Waals surface area contributed by atoms with Crippen LogP contribution in [0.2, 0.25) is 0 Å². The molecule has 0 saturated heterocycles. The average molecular weight is 347 g/mol. The molecule has 1 amide bonds. The minimum Gasteiger partial charge on any atom is -0.507 e. The molecule has 0 fully saturated rings. The number of amides is 1. The largest absolute Gasteiger partial charge is 0.507 e. The first-order chi connectivity index (χ1) is 12.6. The molecule has 0 saturated carbocycles. The van der Waals surface area contributed by atoms with E-state index in [1.165, 1.54) is 18.2 Å². The monoisotopic (exact) mass is 347 g/mol. The van der Waals surface area contributed by atoms with Crippen molar-refractivity contribution in [2.45, 2.75) is 0 Å². The number of hydrazone groups is 1. The van der Waals surface area contributed by atoms with Gasteiger partial charge in [-0.05, 0) is 30.3 Å². The first-order valence-electron chi connectivity index (χ1n) is 7.87. The molecule has 0 aliphatic carbocycles. The Balaban J connectivity index is 2.03. The Labute approximate surface area is 150 Å². The molecular weight excluding hydrogens is 330 g/mol. The minimum atomic E-state index is -0.578. The van der Waals surface area contributed by atoms with E-state index in [1.807, 2.05) is 0 Å². The smallest absolute Gasteiger partial charge is 0.275 e. The Morgan fingerprint density at radius 1 is 0.769 bits per heavy atom. The Morgan fingerprint density at radius 2 is 1.27 bits per heavy atom. The number of hydrogen-bond acceptors (Lipinski definition) is 5. The maximum atomic E-state index is 12.3. The highest BCUT2D eigenvalue weighted by molar-refractivity contribution is 6.17. The topological polar surface area (TPSA) is 108 Å². The lowest BCUT2D eigenvalue weighted by molar-refractivity contribution is 0.0952. The number of phenolic OH excluding ortho intramolecular Hbond substituents is 2. The molecule has 0 aliphatic heterocycles. The molecule has 3 aromatic carbocycles. The highest BCUT2D eigenvalue weighted by Crippen LogP contribution is 2.23. The van der Waals surface area contributed by atoms with Crippen LogP contribution in [0.15, 0.2) is 77.9 Å². The zero-order valence-corrected chi connectivity index (χ0v) is 13.8. The van der Waals surface area contributed by atoms with E-state index < -0.39 is 5.91 Å². The summed E-state index contributed by atoms with van der Waals surface area (Å²) < 4.78 is 0. The van der Waals surface area contributed by atoms with Gasteiger partial charge >= 0.3 is 0 Å². The van der Waals surface area contributed by atoms with Gasteiger partial charge in [-0.3, -0.25) is 4.79 Å². The van der Waals surface area contributed by atoms with E-state index in [4.69, 9.17) is 5.73 Å². The van der Waals surface area contributed by atoms with Crippen molar-refractivity contribution in [3.05, 3.63) is 89.5 Å². The lowest BCUT2D eigenvalue weighted by Gasteiger charge is -2.12. The molecule has 0 atom stereocenters. The van der Waals surface area contributed by atoms with Gasteiger partial charge in [0, 0.05) is 16.8 Å². The zero-order valence-electron chi connectivity index (χ0n) is 13.8. The standard InChI is InChI=1S/C20H17N3O3/c21-16-10-4-1-7-13(16)19(14-8-2-5-11-17(14)24)22-23-20(26)15-9-3-6-12-18(15)25/h1-12,24-25H,21H2,(H,23,26)/b22-19-. The molecular formula is C20H17N3O3. The molecule has 0 radical (unpaired) electrons. The highest BCUT2D eigenvalue weighted by atomic mass is 16.3. The van der Waals surface area contributed by atoms with Crippen molar-refractivity contribution < 1.29 is 15.0 Å². The molecule has 3 rings (SSSR count). The van der Waals surface area contributed by atoms with Crippen molar-refractivity contribution >= 4 is 17.3 Å². The molecule has 6 nitrogen and oxygen atoms in total. The third-order valence-corrected chi connectivity index (χ3v) is 3.79. The fraction of sp³-hybridized carbons (Fsp3) is 0. The third kappa shape index (κ3) is 3.49. The number of nitrogens with zero attached hydrogens (tertiary/aromatic N) is 1. The molecule has 0 unspecified atom stereocenters. The number of nitrogen functional groups attached to an aromatic ring is 1. The summed E-state index contributed by atoms with van der Waals surface area (Å²) in [6, 6.07) is 19.8. The predicted octanol–water partition coefficient (Wildman–Crippen LogP) is 2.86. The average Bonchev–Trinajstić information content (AvgIpc) is 2.64. The van der Waals surface area contributed by atoms with E-state index in [0.29, 0.717) is 22.5 Å². The van der Waals surface area contributed by atoms with Crippen LogP contribution in [0.5, 0.6) is 11.5 Å². The molecule has 0 heterocycles. The number of hydrogen-bond donors (Lipinski definition) is 4. The fourth-order valence-electron chi connectivity index (χ4n) is 2.48. The lowest BCUT2D eigenvalue weighted by atomic mass is 10.00. The van der Waals surface area contributed by atoms with Crippen molar-refractivity contribution in [1.82, 2.24) is 5.43 Å². The van der Waals surface area contributed by atoms with Gasteiger partial charge < -0.3 is 15.9 Å². The molecule has 3 aromatic rings. The summed E-state index contributed by atoms with van der Waals surface area (Å²) in [5, 5.41) is 24.2. The summed E-state index contributed by atoms with van der Waals surface area (Å²) >= 11 is 0. The van der Waals surface area contributed by atoms with Crippen molar-refractivity contribution in [2.24, 2.45) is 5.10 Å². The summed E-state index contributed by atoms with van der Waals surface area (Å²) in [5.74, 6) is -0.722. The second-order valence-electron chi connectivity index (χ2n) is 5.52. The minimum absolute atomic E-state index is 0.00584. The highest BCUT2D eigenvalue weighted by Gasteiger charge is 2.15.